The van der Waals surface area contributed by atoms with Crippen molar-refractivity contribution >= 4 is 6.03 Å². The third-order valence-electron chi connectivity index (χ3n) is 4.54. The van der Waals surface area contributed by atoms with Crippen molar-refractivity contribution in [2.75, 3.05) is 20.3 Å². The van der Waals surface area contributed by atoms with Crippen LogP contribution in [0.1, 0.15) is 35.1 Å². The van der Waals surface area contributed by atoms with Gasteiger partial charge in [0.05, 0.1) is 19.2 Å². The van der Waals surface area contributed by atoms with Crippen LogP contribution in [-0.2, 0) is 17.7 Å². The summed E-state index contributed by atoms with van der Waals surface area (Å²) in [6.45, 7) is 3.20. The molecule has 2 amide bonds. The molecule has 1 unspecified atom stereocenters. The maximum absolute atomic E-state index is 12.8. The number of hydrogen-bond donors (Lipinski definition) is 2. The van der Waals surface area contributed by atoms with Gasteiger partial charge in [-0.1, -0.05) is 12.1 Å². The molecule has 134 valence electrons. The highest BCUT2D eigenvalue weighted by Crippen LogP contribution is 2.36. The summed E-state index contributed by atoms with van der Waals surface area (Å²) >= 11 is 0. The summed E-state index contributed by atoms with van der Waals surface area (Å²) in [5.74, 6) is 1.87. The predicted molar refractivity (Wildman–Crippen MR) is 93.4 cm³/mol. The van der Waals surface area contributed by atoms with E-state index >= 15 is 0 Å². The van der Waals surface area contributed by atoms with E-state index in [9.17, 15) is 9.90 Å². The average Bonchev–Trinajstić information content (AvgIpc) is 3.19. The normalized spacial score (nSPS) is 15.8. The van der Waals surface area contributed by atoms with E-state index < -0.39 is 0 Å². The number of carbonyl (C=O) groups is 1. The van der Waals surface area contributed by atoms with Crippen LogP contribution in [0.4, 0.5) is 4.79 Å². The van der Waals surface area contributed by atoms with Crippen molar-refractivity contribution in [1.82, 2.24) is 10.2 Å². The number of benzene rings is 1. The van der Waals surface area contributed by atoms with Crippen molar-refractivity contribution in [2.24, 2.45) is 0 Å². The molecule has 1 aromatic heterocycles. The minimum absolute atomic E-state index is 0.0852. The Bertz CT molecular complexity index is 741. The van der Waals surface area contributed by atoms with Crippen molar-refractivity contribution < 1.29 is 19.1 Å². The number of urea groups is 1. The number of fused-ring (bicyclic) bond motifs is 1. The van der Waals surface area contributed by atoms with Crippen LogP contribution in [0.25, 0.3) is 0 Å². The van der Waals surface area contributed by atoms with Crippen LogP contribution in [0.2, 0.25) is 0 Å². The van der Waals surface area contributed by atoms with Crippen molar-refractivity contribution in [1.29, 1.82) is 0 Å². The molecule has 3 rings (SSSR count). The topological polar surface area (TPSA) is 74.9 Å². The average molecular weight is 344 g/mol. The highest BCUT2D eigenvalue weighted by Gasteiger charge is 2.27. The Morgan fingerprint density at radius 1 is 1.40 bits per heavy atom. The van der Waals surface area contributed by atoms with Gasteiger partial charge in [0.25, 0.3) is 0 Å². The van der Waals surface area contributed by atoms with E-state index in [0.717, 1.165) is 35.5 Å². The molecule has 6 heteroatoms. The Labute approximate surface area is 147 Å². The van der Waals surface area contributed by atoms with Gasteiger partial charge in [-0.05, 0) is 49.1 Å². The van der Waals surface area contributed by atoms with Crippen molar-refractivity contribution in [2.45, 2.75) is 32.4 Å². The van der Waals surface area contributed by atoms with E-state index in [0.29, 0.717) is 25.4 Å². The smallest absolute Gasteiger partial charge is 0.318 e. The Morgan fingerprint density at radius 3 is 2.96 bits per heavy atom. The molecule has 0 aliphatic heterocycles. The SMILES string of the molecule is COCCN(Cc1ccc(C)o1)C(=O)NC1CCc2c(O)cccc21. The lowest BCUT2D eigenvalue weighted by molar-refractivity contribution is 0.141. The summed E-state index contributed by atoms with van der Waals surface area (Å²) in [6.07, 6.45) is 1.55. The van der Waals surface area contributed by atoms with Gasteiger partial charge in [-0.3, -0.25) is 0 Å². The van der Waals surface area contributed by atoms with Gasteiger partial charge in [0, 0.05) is 13.7 Å². The maximum Gasteiger partial charge on any atom is 0.318 e. The summed E-state index contributed by atoms with van der Waals surface area (Å²) in [4.78, 5) is 14.4. The lowest BCUT2D eigenvalue weighted by Gasteiger charge is -2.24. The summed E-state index contributed by atoms with van der Waals surface area (Å²) in [5, 5.41) is 13.0. The number of nitrogens with zero attached hydrogens (tertiary/aromatic N) is 1. The quantitative estimate of drug-likeness (QED) is 0.844. The molecule has 1 heterocycles. The van der Waals surface area contributed by atoms with Gasteiger partial charge in [0.15, 0.2) is 0 Å². The number of nitrogens with one attached hydrogen (secondary N) is 1. The van der Waals surface area contributed by atoms with Crippen molar-refractivity contribution in [3.05, 3.63) is 53.0 Å². The number of furan rings is 1. The van der Waals surface area contributed by atoms with Gasteiger partial charge >= 0.3 is 6.03 Å². The lowest BCUT2D eigenvalue weighted by Crippen LogP contribution is -2.42. The molecule has 1 aromatic carbocycles. The molecule has 0 fully saturated rings. The van der Waals surface area contributed by atoms with Crippen LogP contribution in [0.15, 0.2) is 34.7 Å². The summed E-state index contributed by atoms with van der Waals surface area (Å²) in [5.41, 5.74) is 1.92. The molecule has 6 nitrogen and oxygen atoms in total. The number of phenols is 1. The van der Waals surface area contributed by atoms with Gasteiger partial charge < -0.3 is 24.5 Å². The first kappa shape index (κ1) is 17.4. The monoisotopic (exact) mass is 344 g/mol. The first-order valence-corrected chi connectivity index (χ1v) is 8.49. The van der Waals surface area contributed by atoms with E-state index in [1.165, 1.54) is 0 Å². The van der Waals surface area contributed by atoms with Gasteiger partial charge in [-0.2, -0.15) is 0 Å². The number of aryl methyl sites for hydroxylation is 1. The third kappa shape index (κ3) is 3.96. The standard InChI is InChI=1S/C19H24N2O4/c1-13-6-7-14(25-13)12-21(10-11-24-2)19(23)20-17-9-8-16-15(17)4-3-5-18(16)22/h3-7,17,22H,8-12H2,1-2H3,(H,20,23). The van der Waals surface area contributed by atoms with Gasteiger partial charge in [0.1, 0.15) is 17.3 Å². The maximum atomic E-state index is 12.8. The fourth-order valence-corrected chi connectivity index (χ4v) is 3.24. The second-order valence-corrected chi connectivity index (χ2v) is 6.31. The molecule has 0 saturated heterocycles. The summed E-state index contributed by atoms with van der Waals surface area (Å²) in [7, 11) is 1.61. The Hall–Kier alpha value is -2.47. The number of hydrogen-bond acceptors (Lipinski definition) is 4. The largest absolute Gasteiger partial charge is 0.508 e. The first-order chi connectivity index (χ1) is 12.1. The highest BCUT2D eigenvalue weighted by molar-refractivity contribution is 5.75. The van der Waals surface area contributed by atoms with Crippen LogP contribution >= 0.6 is 0 Å². The molecule has 0 bridgehead atoms. The molecule has 2 aromatic rings. The van der Waals surface area contributed by atoms with Gasteiger partial charge in [-0.25, -0.2) is 4.79 Å². The molecular weight excluding hydrogens is 320 g/mol. The number of phenolic OH excluding ortho intramolecular Hbond substituents is 1. The van der Waals surface area contributed by atoms with E-state index in [-0.39, 0.29) is 12.1 Å². The molecule has 1 aliphatic carbocycles. The molecule has 0 spiro atoms. The minimum Gasteiger partial charge on any atom is -0.508 e. The number of methoxy groups -OCH3 is 1. The predicted octanol–water partition coefficient (Wildman–Crippen LogP) is 3.14. The van der Waals surface area contributed by atoms with Crippen LogP contribution in [0.5, 0.6) is 5.75 Å². The minimum atomic E-state index is -0.160. The molecule has 0 radical (unpaired) electrons. The van der Waals surface area contributed by atoms with Crippen LogP contribution < -0.4 is 5.32 Å². The first-order valence-electron chi connectivity index (χ1n) is 8.49. The summed E-state index contributed by atoms with van der Waals surface area (Å²) in [6, 6.07) is 8.98. The number of rotatable bonds is 6. The number of amides is 2. The van der Waals surface area contributed by atoms with Crippen molar-refractivity contribution in [3.63, 3.8) is 0 Å². The number of aromatic hydroxyl groups is 1. The molecule has 0 saturated carbocycles. The number of carbonyl (C=O) groups excluding carboxylic acids is 1. The van der Waals surface area contributed by atoms with Gasteiger partial charge in [-0.15, -0.1) is 0 Å². The zero-order valence-electron chi connectivity index (χ0n) is 14.6. The molecule has 1 atom stereocenters. The molecule has 1 aliphatic rings. The Balaban J connectivity index is 1.69. The molecule has 25 heavy (non-hydrogen) atoms. The fourth-order valence-electron chi connectivity index (χ4n) is 3.24. The second kappa shape index (κ2) is 7.61. The molecular formula is C19H24N2O4. The van der Waals surface area contributed by atoms with E-state index in [2.05, 4.69) is 5.32 Å². The van der Waals surface area contributed by atoms with Crippen LogP contribution in [-0.4, -0.2) is 36.3 Å². The van der Waals surface area contributed by atoms with Gasteiger partial charge in [0.2, 0.25) is 0 Å². The fraction of sp³-hybridized carbons (Fsp3) is 0.421. The summed E-state index contributed by atoms with van der Waals surface area (Å²) < 4.78 is 10.7. The zero-order chi connectivity index (χ0) is 17.8. The number of ether oxygens (including phenoxy) is 1. The third-order valence-corrected chi connectivity index (χ3v) is 4.54. The van der Waals surface area contributed by atoms with Crippen molar-refractivity contribution in [3.8, 4) is 5.75 Å². The lowest BCUT2D eigenvalue weighted by atomic mass is 10.1. The second-order valence-electron chi connectivity index (χ2n) is 6.31. The van der Waals surface area contributed by atoms with E-state index in [4.69, 9.17) is 9.15 Å². The van der Waals surface area contributed by atoms with E-state index in [1.54, 1.807) is 18.1 Å². The molecule has 2 N–H and O–H groups in total. The Morgan fingerprint density at radius 2 is 2.24 bits per heavy atom. The zero-order valence-corrected chi connectivity index (χ0v) is 14.6. The van der Waals surface area contributed by atoms with Crippen LogP contribution in [0, 0.1) is 6.92 Å². The Kier molecular flexibility index (Phi) is 5.28. The van der Waals surface area contributed by atoms with E-state index in [1.807, 2.05) is 31.2 Å². The highest BCUT2D eigenvalue weighted by atomic mass is 16.5. The van der Waals surface area contributed by atoms with Crippen LogP contribution in [0.3, 0.4) is 0 Å².